The number of unbranched alkanes of at least 4 members (excludes halogenated alkanes) is 18. The SMILES string of the molecule is CCCCCCCCC(O)C(CCCCCCCC(=O)[O-])OCc1ccccc1.CCCCCCCCC(O)C(CCCCCCCC(=O)[O-])OCc1ccccc1.[Ba+2]. The van der Waals surface area contributed by atoms with Crippen molar-refractivity contribution in [2.75, 3.05) is 0 Å². The third kappa shape index (κ3) is 36.0. The van der Waals surface area contributed by atoms with Crippen molar-refractivity contribution in [3.05, 3.63) is 71.8 Å². The number of aliphatic carboxylic acids is 2. The Kier molecular flexibility index (Phi) is 41.2. The molecule has 0 saturated heterocycles. The molecule has 59 heavy (non-hydrogen) atoms. The number of aliphatic hydroxyl groups is 2. The Labute approximate surface area is 400 Å². The van der Waals surface area contributed by atoms with Gasteiger partial charge in [-0.15, -0.1) is 0 Å². The number of carboxylic acids is 2. The number of rotatable bonds is 38. The van der Waals surface area contributed by atoms with Crippen LogP contribution in [0.3, 0.4) is 0 Å². The van der Waals surface area contributed by atoms with Crippen molar-refractivity contribution in [1.82, 2.24) is 0 Å². The second kappa shape index (κ2) is 42.1. The summed E-state index contributed by atoms with van der Waals surface area (Å²) in [5.74, 6) is -1.92. The largest absolute Gasteiger partial charge is 2.00 e. The average molecular weight is 949 g/mol. The number of carbonyl (C=O) groups is 2. The van der Waals surface area contributed by atoms with E-state index in [1.165, 1.54) is 64.2 Å². The van der Waals surface area contributed by atoms with E-state index in [0.717, 1.165) is 101 Å². The first kappa shape index (κ1) is 57.8. The Bertz CT molecular complexity index is 1110. The summed E-state index contributed by atoms with van der Waals surface area (Å²) in [5.41, 5.74) is 2.26. The Hall–Kier alpha value is -1.21. The topological polar surface area (TPSA) is 139 Å². The van der Waals surface area contributed by atoms with Gasteiger partial charge in [0, 0.05) is 11.9 Å². The van der Waals surface area contributed by atoms with Crippen molar-refractivity contribution in [2.24, 2.45) is 0 Å². The Balaban J connectivity index is 0.00000112. The molecule has 0 fully saturated rings. The van der Waals surface area contributed by atoms with Gasteiger partial charge in [0.2, 0.25) is 0 Å². The van der Waals surface area contributed by atoms with Crippen molar-refractivity contribution in [3.63, 3.8) is 0 Å². The minimum Gasteiger partial charge on any atom is -0.550 e. The van der Waals surface area contributed by atoms with Gasteiger partial charge >= 0.3 is 48.9 Å². The third-order valence-corrected chi connectivity index (χ3v) is 10.9. The van der Waals surface area contributed by atoms with Gasteiger partial charge in [0.25, 0.3) is 0 Å². The van der Waals surface area contributed by atoms with Crippen LogP contribution in [-0.4, -0.2) is 95.4 Å². The monoisotopic (exact) mass is 949 g/mol. The number of hydrogen-bond acceptors (Lipinski definition) is 8. The Morgan fingerprint density at radius 1 is 0.458 bits per heavy atom. The number of hydrogen-bond donors (Lipinski definition) is 2. The van der Waals surface area contributed by atoms with Crippen molar-refractivity contribution in [1.29, 1.82) is 0 Å². The molecule has 8 nitrogen and oxygen atoms in total. The molecule has 0 amide bonds. The van der Waals surface area contributed by atoms with Gasteiger partial charge in [0.1, 0.15) is 0 Å². The van der Waals surface area contributed by atoms with Crippen LogP contribution in [0.1, 0.15) is 205 Å². The Morgan fingerprint density at radius 2 is 0.746 bits per heavy atom. The minimum atomic E-state index is -0.961. The van der Waals surface area contributed by atoms with Gasteiger partial charge in [0.05, 0.1) is 37.6 Å². The van der Waals surface area contributed by atoms with Crippen molar-refractivity contribution < 1.29 is 39.5 Å². The number of benzene rings is 2. The molecule has 0 aliphatic heterocycles. The van der Waals surface area contributed by atoms with E-state index in [2.05, 4.69) is 38.1 Å². The van der Waals surface area contributed by atoms with Gasteiger partial charge in [-0.05, 0) is 62.5 Å². The first-order valence-corrected chi connectivity index (χ1v) is 23.3. The first-order valence-electron chi connectivity index (χ1n) is 23.3. The molecular weight excluding hydrogens is 866 g/mol. The van der Waals surface area contributed by atoms with Crippen LogP contribution in [0.15, 0.2) is 60.7 Å². The predicted molar refractivity (Wildman–Crippen MR) is 238 cm³/mol. The third-order valence-electron chi connectivity index (χ3n) is 10.9. The molecular formula is C50H82BaO8. The van der Waals surface area contributed by atoms with Gasteiger partial charge < -0.3 is 39.5 Å². The molecule has 0 aromatic heterocycles. The van der Waals surface area contributed by atoms with E-state index in [4.69, 9.17) is 9.47 Å². The predicted octanol–water partition coefficient (Wildman–Crippen LogP) is 9.95. The number of carbonyl (C=O) groups excluding carboxylic acids is 2. The van der Waals surface area contributed by atoms with Crippen LogP contribution in [0.4, 0.5) is 0 Å². The standard InChI is InChI=1S/2C25H42O4.Ba/c2*1-2-3-4-5-7-13-18-23(26)24(29-21-22-16-11-10-12-17-22)19-14-8-6-9-15-20-25(27)28;/h2*10-12,16-17,23-24,26H,2-9,13-15,18-21H2,1H3,(H,27,28);/q;;+2/p-2. The van der Waals surface area contributed by atoms with Gasteiger partial charge in [-0.2, -0.15) is 0 Å². The van der Waals surface area contributed by atoms with Crippen molar-refractivity contribution in [2.45, 2.75) is 231 Å². The molecule has 0 aliphatic carbocycles. The van der Waals surface area contributed by atoms with Gasteiger partial charge in [-0.25, -0.2) is 0 Å². The zero-order valence-electron chi connectivity index (χ0n) is 37.3. The fourth-order valence-electron chi connectivity index (χ4n) is 7.26. The van der Waals surface area contributed by atoms with E-state index in [1.807, 2.05) is 36.4 Å². The molecule has 332 valence electrons. The summed E-state index contributed by atoms with van der Waals surface area (Å²) < 4.78 is 12.2. The summed E-state index contributed by atoms with van der Waals surface area (Å²) >= 11 is 0. The molecule has 0 radical (unpaired) electrons. The molecule has 2 rings (SSSR count). The average Bonchev–Trinajstić information content (AvgIpc) is 3.22. The maximum absolute atomic E-state index is 10.7. The molecule has 0 aliphatic rings. The van der Waals surface area contributed by atoms with E-state index in [1.54, 1.807) is 0 Å². The summed E-state index contributed by atoms with van der Waals surface area (Å²) in [6, 6.07) is 20.2. The summed E-state index contributed by atoms with van der Waals surface area (Å²) in [6.07, 6.45) is 26.5. The zero-order valence-corrected chi connectivity index (χ0v) is 41.8. The van der Waals surface area contributed by atoms with Crippen LogP contribution in [-0.2, 0) is 32.3 Å². The molecule has 2 aromatic rings. The number of aliphatic hydroxyl groups excluding tert-OH is 2. The van der Waals surface area contributed by atoms with Gasteiger partial charge in [0.15, 0.2) is 0 Å². The van der Waals surface area contributed by atoms with Gasteiger partial charge in [-0.1, -0.05) is 203 Å². The molecule has 0 spiro atoms. The van der Waals surface area contributed by atoms with Crippen LogP contribution < -0.4 is 10.2 Å². The fraction of sp³-hybridized carbons (Fsp3) is 0.720. The van der Waals surface area contributed by atoms with Gasteiger partial charge in [-0.3, -0.25) is 0 Å². The molecule has 4 unspecified atom stereocenters. The van der Waals surface area contributed by atoms with E-state index in [0.29, 0.717) is 26.1 Å². The maximum Gasteiger partial charge on any atom is 2.00 e. The first-order chi connectivity index (χ1) is 28.3. The quantitative estimate of drug-likeness (QED) is 0.0501. The normalized spacial score (nSPS) is 13.1. The van der Waals surface area contributed by atoms with E-state index in [-0.39, 0.29) is 73.9 Å². The molecule has 4 atom stereocenters. The minimum absolute atomic E-state index is 0. The fourth-order valence-corrected chi connectivity index (χ4v) is 7.26. The summed E-state index contributed by atoms with van der Waals surface area (Å²) in [6.45, 7) is 5.51. The zero-order chi connectivity index (χ0) is 42.3. The van der Waals surface area contributed by atoms with Crippen LogP contribution >= 0.6 is 0 Å². The molecule has 0 bridgehead atoms. The smallest absolute Gasteiger partial charge is 0.550 e. The van der Waals surface area contributed by atoms with E-state index >= 15 is 0 Å². The molecule has 2 N–H and O–H groups in total. The van der Waals surface area contributed by atoms with Crippen molar-refractivity contribution in [3.8, 4) is 0 Å². The summed E-state index contributed by atoms with van der Waals surface area (Å²) in [4.78, 5) is 20.9. The molecule has 0 saturated carbocycles. The van der Waals surface area contributed by atoms with Crippen LogP contribution in [0.2, 0.25) is 0 Å². The molecule has 2 aromatic carbocycles. The second-order valence-electron chi connectivity index (χ2n) is 16.3. The van der Waals surface area contributed by atoms with Crippen molar-refractivity contribution >= 4 is 60.8 Å². The maximum atomic E-state index is 10.7. The van der Waals surface area contributed by atoms with E-state index < -0.39 is 24.1 Å². The van der Waals surface area contributed by atoms with Crippen LogP contribution in [0.25, 0.3) is 0 Å². The van der Waals surface area contributed by atoms with E-state index in [9.17, 15) is 30.0 Å². The molecule has 0 heterocycles. The Morgan fingerprint density at radius 3 is 1.07 bits per heavy atom. The summed E-state index contributed by atoms with van der Waals surface area (Å²) in [5, 5.41) is 42.3. The van der Waals surface area contributed by atoms with Crippen LogP contribution in [0, 0.1) is 0 Å². The molecule has 9 heteroatoms. The summed E-state index contributed by atoms with van der Waals surface area (Å²) in [7, 11) is 0. The second-order valence-corrected chi connectivity index (χ2v) is 16.3. The number of ether oxygens (including phenoxy) is 2. The van der Waals surface area contributed by atoms with Crippen LogP contribution in [0.5, 0.6) is 0 Å². The number of carboxylic acid groups (broad SMARTS) is 2.